The number of pyridine rings is 2. The minimum absolute atomic E-state index is 0.116. The molecule has 11 heteroatoms. The Balaban J connectivity index is 0.000000225. The number of nitriles is 2. The lowest BCUT2D eigenvalue weighted by molar-refractivity contribution is -0.136. The Morgan fingerprint density at radius 2 is 1.65 bits per heavy atom. The van der Waals surface area contributed by atoms with Gasteiger partial charge in [0.15, 0.2) is 5.75 Å². The first kappa shape index (κ1) is 24.4. The van der Waals surface area contributed by atoms with Crippen molar-refractivity contribution in [3.05, 3.63) is 72.8 Å². The quantitative estimate of drug-likeness (QED) is 0.382. The minimum atomic E-state index is -0.946. The molecule has 7 nitrogen and oxygen atoms in total. The number of hydrogen-bond acceptors (Lipinski definition) is 6. The van der Waals surface area contributed by atoms with E-state index >= 15 is 0 Å². The molecule has 0 saturated heterocycles. The molecule has 0 fully saturated rings. The van der Waals surface area contributed by atoms with Crippen molar-refractivity contribution in [2.45, 2.75) is 6.42 Å². The van der Waals surface area contributed by atoms with Gasteiger partial charge in [-0.1, -0.05) is 28.1 Å². The van der Waals surface area contributed by atoms with E-state index in [1.54, 1.807) is 6.07 Å². The number of carboxylic acids is 1. The monoisotopic (exact) mass is 610 g/mol. The standard InChI is InChI=1S/C12H6BrFN2O.C8H4Br2N2O2/c13-12-11(17)10(5-9(6-15)16-12)7-2-1-3-8(14)4-7;9-6-1-4(3-11)12-8(10)5(6)2-7(13)14/h1-5,17H;1H,2H2,(H,13,14). The van der Waals surface area contributed by atoms with Gasteiger partial charge in [0.25, 0.3) is 0 Å². The number of aromatic nitrogens is 2. The van der Waals surface area contributed by atoms with Gasteiger partial charge in [0.1, 0.15) is 38.5 Å². The zero-order chi connectivity index (χ0) is 23.1. The maximum atomic E-state index is 13.1. The van der Waals surface area contributed by atoms with Gasteiger partial charge in [-0.15, -0.1) is 0 Å². The molecule has 0 spiro atoms. The Bertz CT molecular complexity index is 1220. The fourth-order valence-electron chi connectivity index (χ4n) is 2.32. The first-order chi connectivity index (χ1) is 14.7. The second kappa shape index (κ2) is 11.0. The van der Waals surface area contributed by atoms with Crippen molar-refractivity contribution in [2.75, 3.05) is 0 Å². The minimum Gasteiger partial charge on any atom is -0.505 e. The predicted molar refractivity (Wildman–Crippen MR) is 119 cm³/mol. The summed E-state index contributed by atoms with van der Waals surface area (Å²) in [6.45, 7) is 0. The van der Waals surface area contributed by atoms with Gasteiger partial charge in [-0.2, -0.15) is 10.5 Å². The summed E-state index contributed by atoms with van der Waals surface area (Å²) in [6.07, 6.45) is -0.139. The van der Waals surface area contributed by atoms with Crippen LogP contribution in [0.15, 0.2) is 50.1 Å². The highest BCUT2D eigenvalue weighted by Crippen LogP contribution is 2.34. The average Bonchev–Trinajstić information content (AvgIpc) is 2.72. The molecule has 31 heavy (non-hydrogen) atoms. The average molecular weight is 613 g/mol. The molecule has 0 unspecified atom stereocenters. The Morgan fingerprint density at radius 3 is 2.19 bits per heavy atom. The maximum Gasteiger partial charge on any atom is 0.307 e. The molecule has 0 aliphatic heterocycles. The molecule has 1 aromatic carbocycles. The summed E-state index contributed by atoms with van der Waals surface area (Å²) in [5, 5.41) is 35.8. The number of hydrogen-bond donors (Lipinski definition) is 2. The smallest absolute Gasteiger partial charge is 0.307 e. The Morgan fingerprint density at radius 1 is 1.03 bits per heavy atom. The zero-order valence-electron chi connectivity index (χ0n) is 15.3. The topological polar surface area (TPSA) is 131 Å². The van der Waals surface area contributed by atoms with E-state index in [1.807, 2.05) is 12.1 Å². The van der Waals surface area contributed by atoms with Crippen LogP contribution in [-0.2, 0) is 11.2 Å². The molecule has 0 bridgehead atoms. The van der Waals surface area contributed by atoms with E-state index in [1.165, 1.54) is 30.3 Å². The summed E-state index contributed by atoms with van der Waals surface area (Å²) < 4.78 is 14.2. The number of carbonyl (C=O) groups is 1. The van der Waals surface area contributed by atoms with Crippen LogP contribution in [0.1, 0.15) is 17.0 Å². The van der Waals surface area contributed by atoms with Gasteiger partial charge in [0.05, 0.1) is 6.42 Å². The van der Waals surface area contributed by atoms with Crippen LogP contribution in [0.25, 0.3) is 11.1 Å². The summed E-state index contributed by atoms with van der Waals surface area (Å²) in [6, 6.07) is 12.4. The molecular formula is C20H10Br3FN4O3. The lowest BCUT2D eigenvalue weighted by Crippen LogP contribution is -2.03. The van der Waals surface area contributed by atoms with Crippen LogP contribution in [0.4, 0.5) is 4.39 Å². The molecule has 0 aliphatic carbocycles. The van der Waals surface area contributed by atoms with Gasteiger partial charge in [0.2, 0.25) is 0 Å². The van der Waals surface area contributed by atoms with Gasteiger partial charge in [-0.05, 0) is 61.7 Å². The van der Waals surface area contributed by atoms with Crippen molar-refractivity contribution in [2.24, 2.45) is 0 Å². The third-order valence-electron chi connectivity index (χ3n) is 3.66. The van der Waals surface area contributed by atoms with E-state index in [9.17, 15) is 14.3 Å². The molecule has 2 N–H and O–H groups in total. The first-order valence-electron chi connectivity index (χ1n) is 8.18. The van der Waals surface area contributed by atoms with Crippen LogP contribution in [0, 0.1) is 28.5 Å². The van der Waals surface area contributed by atoms with Crippen LogP contribution < -0.4 is 0 Å². The third-order valence-corrected chi connectivity index (χ3v) is 5.58. The number of aliphatic carboxylic acids is 1. The van der Waals surface area contributed by atoms with Crippen molar-refractivity contribution in [3.63, 3.8) is 0 Å². The number of benzene rings is 1. The van der Waals surface area contributed by atoms with Gasteiger partial charge in [0, 0.05) is 15.6 Å². The Labute approximate surface area is 201 Å². The molecule has 156 valence electrons. The zero-order valence-corrected chi connectivity index (χ0v) is 20.0. The fraction of sp³-hybridized carbons (Fsp3) is 0.0500. The van der Waals surface area contributed by atoms with Crippen LogP contribution in [0.3, 0.4) is 0 Å². The van der Waals surface area contributed by atoms with Crippen molar-refractivity contribution in [3.8, 4) is 29.0 Å². The van der Waals surface area contributed by atoms with Crippen molar-refractivity contribution in [1.29, 1.82) is 10.5 Å². The van der Waals surface area contributed by atoms with E-state index in [0.29, 0.717) is 25.8 Å². The van der Waals surface area contributed by atoms with Crippen LogP contribution in [0.5, 0.6) is 5.75 Å². The predicted octanol–water partition coefficient (Wildman–Crippen LogP) is 5.33. The molecule has 2 heterocycles. The number of rotatable bonds is 3. The van der Waals surface area contributed by atoms with Gasteiger partial charge in [-0.3, -0.25) is 4.79 Å². The fourth-order valence-corrected chi connectivity index (χ4v) is 4.08. The lowest BCUT2D eigenvalue weighted by atomic mass is 10.1. The van der Waals surface area contributed by atoms with Crippen molar-refractivity contribution >= 4 is 53.8 Å². The summed E-state index contributed by atoms with van der Waals surface area (Å²) in [7, 11) is 0. The third kappa shape index (κ3) is 6.56. The summed E-state index contributed by atoms with van der Waals surface area (Å²) in [4.78, 5) is 18.2. The molecule has 0 radical (unpaired) electrons. The first-order valence-corrected chi connectivity index (χ1v) is 10.6. The highest BCUT2D eigenvalue weighted by Gasteiger charge is 2.13. The molecule has 3 aromatic rings. The number of nitrogens with zero attached hydrogens (tertiary/aromatic N) is 4. The normalized spacial score (nSPS) is 9.74. The molecule has 0 aliphatic rings. The SMILES string of the molecule is N#Cc1cc(-c2cccc(F)c2)c(O)c(Br)n1.N#Cc1cc(Br)c(CC(=O)O)c(Br)n1. The molecular weight excluding hydrogens is 603 g/mol. The summed E-state index contributed by atoms with van der Waals surface area (Å²) >= 11 is 9.34. The number of halogens is 4. The summed E-state index contributed by atoms with van der Waals surface area (Å²) in [5.41, 5.74) is 1.76. The molecule has 0 atom stereocenters. The van der Waals surface area contributed by atoms with Crippen LogP contribution in [-0.4, -0.2) is 26.2 Å². The van der Waals surface area contributed by atoms with Gasteiger partial charge < -0.3 is 10.2 Å². The van der Waals surface area contributed by atoms with Crippen molar-refractivity contribution in [1.82, 2.24) is 9.97 Å². The molecule has 0 saturated carbocycles. The number of aromatic hydroxyl groups is 1. The Kier molecular flexibility index (Phi) is 8.63. The van der Waals surface area contributed by atoms with Crippen LogP contribution in [0.2, 0.25) is 0 Å². The van der Waals surface area contributed by atoms with E-state index in [-0.39, 0.29) is 28.2 Å². The molecule has 3 rings (SSSR count). The molecule has 0 amide bonds. The molecule has 2 aromatic heterocycles. The Hall–Kier alpha value is -2.86. The largest absolute Gasteiger partial charge is 0.505 e. The maximum absolute atomic E-state index is 13.1. The van der Waals surface area contributed by atoms with Gasteiger partial charge in [-0.25, -0.2) is 14.4 Å². The van der Waals surface area contributed by atoms with E-state index in [2.05, 4.69) is 57.8 Å². The number of carboxylic acid groups (broad SMARTS) is 1. The van der Waals surface area contributed by atoms with E-state index in [4.69, 9.17) is 15.6 Å². The van der Waals surface area contributed by atoms with E-state index < -0.39 is 11.8 Å². The van der Waals surface area contributed by atoms with Crippen LogP contribution >= 0.6 is 47.8 Å². The summed E-state index contributed by atoms with van der Waals surface area (Å²) in [5.74, 6) is -1.47. The highest BCUT2D eigenvalue weighted by molar-refractivity contribution is 9.11. The highest BCUT2D eigenvalue weighted by atomic mass is 79.9. The second-order valence-corrected chi connectivity index (χ2v) is 8.11. The van der Waals surface area contributed by atoms with E-state index in [0.717, 1.165) is 0 Å². The van der Waals surface area contributed by atoms with Gasteiger partial charge >= 0.3 is 5.97 Å². The van der Waals surface area contributed by atoms with Crippen molar-refractivity contribution < 1.29 is 19.4 Å². The second-order valence-electron chi connectivity index (χ2n) is 5.76. The lowest BCUT2D eigenvalue weighted by Gasteiger charge is -2.06.